The van der Waals surface area contributed by atoms with E-state index in [1.165, 1.54) is 0 Å². The maximum atomic E-state index is 6.17. The molecule has 0 saturated carbocycles. The van der Waals surface area contributed by atoms with Gasteiger partial charge in [0.25, 0.3) is 0 Å². The van der Waals surface area contributed by atoms with Gasteiger partial charge in [0.2, 0.25) is 0 Å². The first-order valence-corrected chi connectivity index (χ1v) is 11.6. The molecule has 0 unspecified atom stereocenters. The Hall–Kier alpha value is -2.05. The van der Waals surface area contributed by atoms with Gasteiger partial charge in [-0.3, -0.25) is 0 Å². The molecular weight excluding hydrogens is 412 g/mol. The van der Waals surface area contributed by atoms with Crippen LogP contribution in [-0.2, 0) is 18.6 Å². The van der Waals surface area contributed by atoms with Crippen LogP contribution in [0.4, 0.5) is 11.4 Å². The number of hydrogen-bond donors (Lipinski definition) is 0. The summed E-state index contributed by atoms with van der Waals surface area (Å²) in [5.74, 6) is 0. The Balaban J connectivity index is 1.50. The molecule has 0 N–H and O–H groups in total. The number of anilines is 2. The van der Waals surface area contributed by atoms with E-state index in [9.17, 15) is 0 Å². The zero-order chi connectivity index (χ0) is 24.2. The van der Waals surface area contributed by atoms with Crippen LogP contribution >= 0.6 is 0 Å². The molecule has 0 radical (unpaired) electrons. The van der Waals surface area contributed by atoms with Gasteiger partial charge in [0, 0.05) is 17.6 Å². The third kappa shape index (κ3) is 4.28. The van der Waals surface area contributed by atoms with Gasteiger partial charge in [-0.1, -0.05) is 30.8 Å². The summed E-state index contributed by atoms with van der Waals surface area (Å²) in [6, 6.07) is 16.4. The molecule has 0 amide bonds. The highest BCUT2D eigenvalue weighted by Gasteiger charge is 2.52. The fourth-order valence-electron chi connectivity index (χ4n) is 3.90. The number of benzene rings is 2. The molecule has 0 aliphatic carbocycles. The lowest BCUT2D eigenvalue weighted by atomic mass is 9.79. The van der Waals surface area contributed by atoms with Gasteiger partial charge in [0.15, 0.2) is 0 Å². The monoisotopic (exact) mass is 447 g/mol. The van der Waals surface area contributed by atoms with Crippen molar-refractivity contribution in [3.05, 3.63) is 61.3 Å². The molecule has 0 bridgehead atoms. The fourth-order valence-corrected chi connectivity index (χ4v) is 3.90. The van der Waals surface area contributed by atoms with Crippen LogP contribution in [0.2, 0.25) is 0 Å². The predicted molar refractivity (Wildman–Crippen MR) is 137 cm³/mol. The van der Waals surface area contributed by atoms with Gasteiger partial charge in [-0.05, 0) is 90.6 Å². The fraction of sp³-hybridized carbons (Fsp3) is 0.462. The molecule has 2 saturated heterocycles. The molecule has 0 spiro atoms. The molecule has 0 atom stereocenters. The van der Waals surface area contributed by atoms with Gasteiger partial charge in [-0.15, -0.1) is 0 Å². The molecule has 2 aromatic rings. The highest BCUT2D eigenvalue weighted by molar-refractivity contribution is 6.62. The summed E-state index contributed by atoms with van der Waals surface area (Å²) in [7, 11) is -0.749. The topological polar surface area (TPSA) is 40.2 Å². The smallest absolute Gasteiger partial charge is 0.399 e. The van der Waals surface area contributed by atoms with E-state index >= 15 is 0 Å². The SMILES string of the molecule is C=CN(c1ccc(B2OC(C)(C)C(C)(C)O2)cc1)c1ccc(B2OC(C)(C)C(C)(C)O2)cc1. The first-order valence-electron chi connectivity index (χ1n) is 11.6. The predicted octanol–water partition coefficient (Wildman–Crippen LogP) is 4.57. The second kappa shape index (κ2) is 8.02. The lowest BCUT2D eigenvalue weighted by Gasteiger charge is -2.32. The van der Waals surface area contributed by atoms with Gasteiger partial charge in [0.05, 0.1) is 22.4 Å². The van der Waals surface area contributed by atoms with Crippen LogP contribution in [0.25, 0.3) is 0 Å². The normalized spacial score (nSPS) is 22.4. The summed E-state index contributed by atoms with van der Waals surface area (Å²) >= 11 is 0. The molecule has 7 heteroatoms. The Bertz CT molecular complexity index is 904. The molecule has 2 aromatic carbocycles. The molecule has 2 fully saturated rings. The summed E-state index contributed by atoms with van der Waals surface area (Å²) < 4.78 is 24.7. The minimum atomic E-state index is -0.375. The van der Waals surface area contributed by atoms with Crippen molar-refractivity contribution in [2.75, 3.05) is 4.90 Å². The van der Waals surface area contributed by atoms with E-state index in [0.29, 0.717) is 0 Å². The van der Waals surface area contributed by atoms with E-state index in [2.05, 4.69) is 86.2 Å². The zero-order valence-corrected chi connectivity index (χ0v) is 21.1. The van der Waals surface area contributed by atoms with Crippen molar-refractivity contribution in [2.45, 2.75) is 77.8 Å². The van der Waals surface area contributed by atoms with Crippen LogP contribution in [0.5, 0.6) is 0 Å². The molecule has 174 valence electrons. The summed E-state index contributed by atoms with van der Waals surface area (Å²) in [5.41, 5.74) is 2.58. The highest BCUT2D eigenvalue weighted by atomic mass is 16.7. The van der Waals surface area contributed by atoms with Crippen LogP contribution in [0.1, 0.15) is 55.4 Å². The van der Waals surface area contributed by atoms with Crippen molar-refractivity contribution in [3.8, 4) is 0 Å². The Kier molecular flexibility index (Phi) is 5.85. The maximum absolute atomic E-state index is 6.17. The maximum Gasteiger partial charge on any atom is 0.494 e. The van der Waals surface area contributed by atoms with Gasteiger partial charge in [-0.25, -0.2) is 0 Å². The number of rotatable bonds is 5. The Morgan fingerprint density at radius 1 is 0.576 bits per heavy atom. The van der Waals surface area contributed by atoms with Gasteiger partial charge >= 0.3 is 14.2 Å². The van der Waals surface area contributed by atoms with Crippen LogP contribution in [0.3, 0.4) is 0 Å². The summed E-state index contributed by atoms with van der Waals surface area (Å²) in [6.07, 6.45) is 1.81. The van der Waals surface area contributed by atoms with Crippen molar-refractivity contribution in [3.63, 3.8) is 0 Å². The largest absolute Gasteiger partial charge is 0.494 e. The van der Waals surface area contributed by atoms with Gasteiger partial charge in [-0.2, -0.15) is 0 Å². The summed E-state index contributed by atoms with van der Waals surface area (Å²) in [6.45, 7) is 20.5. The van der Waals surface area contributed by atoms with Crippen molar-refractivity contribution in [1.29, 1.82) is 0 Å². The highest BCUT2D eigenvalue weighted by Crippen LogP contribution is 2.38. The van der Waals surface area contributed by atoms with E-state index in [1.54, 1.807) is 0 Å². The molecule has 5 nitrogen and oxygen atoms in total. The van der Waals surface area contributed by atoms with Crippen molar-refractivity contribution >= 4 is 36.5 Å². The Morgan fingerprint density at radius 3 is 1.09 bits per heavy atom. The van der Waals surface area contributed by atoms with Gasteiger partial charge < -0.3 is 23.5 Å². The van der Waals surface area contributed by atoms with E-state index in [1.807, 2.05) is 35.4 Å². The lowest BCUT2D eigenvalue weighted by Crippen LogP contribution is -2.41. The van der Waals surface area contributed by atoms with E-state index < -0.39 is 0 Å². The third-order valence-electron chi connectivity index (χ3n) is 7.58. The van der Waals surface area contributed by atoms with Crippen LogP contribution < -0.4 is 15.8 Å². The Morgan fingerprint density at radius 2 is 0.848 bits per heavy atom. The summed E-state index contributed by atoms with van der Waals surface area (Å²) in [5, 5.41) is 0. The second-order valence-electron chi connectivity index (χ2n) is 10.9. The quantitative estimate of drug-likeness (QED) is 0.629. The Labute approximate surface area is 199 Å². The first kappa shape index (κ1) is 24.1. The minimum Gasteiger partial charge on any atom is -0.399 e. The van der Waals surface area contributed by atoms with E-state index in [0.717, 1.165) is 22.3 Å². The van der Waals surface area contributed by atoms with Crippen molar-refractivity contribution in [1.82, 2.24) is 0 Å². The molecular formula is C26H35B2NO4. The van der Waals surface area contributed by atoms with Crippen molar-refractivity contribution in [2.24, 2.45) is 0 Å². The van der Waals surface area contributed by atoms with Crippen LogP contribution in [-0.4, -0.2) is 36.6 Å². The van der Waals surface area contributed by atoms with E-state index in [4.69, 9.17) is 18.6 Å². The van der Waals surface area contributed by atoms with Crippen LogP contribution in [0.15, 0.2) is 61.3 Å². The molecule has 2 aliphatic rings. The zero-order valence-electron chi connectivity index (χ0n) is 21.1. The average molecular weight is 447 g/mol. The first-order chi connectivity index (χ1) is 15.3. The third-order valence-corrected chi connectivity index (χ3v) is 7.58. The molecule has 0 aromatic heterocycles. The standard InChI is InChI=1S/C26H35B2NO4/c1-10-29(21-15-11-19(12-16-21)27-30-23(2,3)24(4,5)31-27)22-17-13-20(14-18-22)28-32-25(6,7)26(8,9)33-28/h10-18H,1H2,2-9H3. The molecule has 4 rings (SSSR count). The number of hydrogen-bond acceptors (Lipinski definition) is 5. The minimum absolute atomic E-state index is 0.359. The molecule has 2 aliphatic heterocycles. The van der Waals surface area contributed by atoms with Crippen LogP contribution in [0, 0.1) is 0 Å². The average Bonchev–Trinajstić information content (AvgIpc) is 3.09. The van der Waals surface area contributed by atoms with Gasteiger partial charge in [0.1, 0.15) is 0 Å². The summed E-state index contributed by atoms with van der Waals surface area (Å²) in [4.78, 5) is 2.04. The van der Waals surface area contributed by atoms with E-state index in [-0.39, 0.29) is 36.6 Å². The second-order valence-corrected chi connectivity index (χ2v) is 10.9. The van der Waals surface area contributed by atoms with Crippen molar-refractivity contribution < 1.29 is 18.6 Å². The lowest BCUT2D eigenvalue weighted by molar-refractivity contribution is 0.00578. The molecule has 33 heavy (non-hydrogen) atoms. The molecule has 2 heterocycles. The number of nitrogens with zero attached hydrogens (tertiary/aromatic N) is 1.